The summed E-state index contributed by atoms with van der Waals surface area (Å²) in [6.45, 7) is 0. The molecule has 2 bridgehead atoms. The first-order valence-corrected chi connectivity index (χ1v) is 5.63. The zero-order valence-electron chi connectivity index (χ0n) is 7.80. The molecule has 70 valence electrons. The minimum Gasteiger partial charge on any atom is -0.385 e. The highest BCUT2D eigenvalue weighted by Gasteiger charge is 2.96. The predicted molar refractivity (Wildman–Crippen MR) is 51.3 cm³/mol. The van der Waals surface area contributed by atoms with E-state index in [1.54, 1.807) is 0 Å². The van der Waals surface area contributed by atoms with Crippen molar-refractivity contribution in [3.8, 4) is 0 Å². The van der Waals surface area contributed by atoms with Crippen LogP contribution >= 0.6 is 0 Å². The van der Waals surface area contributed by atoms with E-state index in [4.69, 9.17) is 0 Å². The normalized spacial score (nSPS) is 64.4. The molecule has 0 aliphatic heterocycles. The Balaban J connectivity index is 1.73. The van der Waals surface area contributed by atoms with Crippen molar-refractivity contribution in [1.82, 2.24) is 0 Å². The van der Waals surface area contributed by atoms with E-state index in [1.165, 1.54) is 5.56 Å². The Kier molecular flexibility index (Phi) is 0.741. The summed E-state index contributed by atoms with van der Waals surface area (Å²) in [5.74, 6) is 4.99. The van der Waals surface area contributed by atoms with Gasteiger partial charge in [0.25, 0.3) is 0 Å². The van der Waals surface area contributed by atoms with Crippen LogP contribution in [-0.2, 0) is 5.60 Å². The van der Waals surface area contributed by atoms with Crippen molar-refractivity contribution in [3.63, 3.8) is 0 Å². The summed E-state index contributed by atoms with van der Waals surface area (Å²) in [4.78, 5) is 0. The third kappa shape index (κ3) is 0.410. The molecule has 0 radical (unpaired) electrons. The number of hydrogen-bond acceptors (Lipinski definition) is 1. The molecule has 6 rings (SSSR count). The van der Waals surface area contributed by atoms with Gasteiger partial charge in [-0.15, -0.1) is 0 Å². The van der Waals surface area contributed by atoms with Gasteiger partial charge in [-0.05, 0) is 41.1 Å². The predicted octanol–water partition coefficient (Wildman–Crippen LogP) is 1.63. The van der Waals surface area contributed by atoms with Crippen LogP contribution in [0.1, 0.15) is 5.56 Å². The van der Waals surface area contributed by atoms with Gasteiger partial charge in [-0.1, -0.05) is 30.3 Å². The summed E-state index contributed by atoms with van der Waals surface area (Å²) < 4.78 is 0. The van der Waals surface area contributed by atoms with Crippen LogP contribution in [-0.4, -0.2) is 5.11 Å². The van der Waals surface area contributed by atoms with Gasteiger partial charge in [-0.25, -0.2) is 0 Å². The largest absolute Gasteiger partial charge is 0.385 e. The fourth-order valence-corrected chi connectivity index (χ4v) is 5.04. The molecule has 0 atom stereocenters. The maximum absolute atomic E-state index is 10.8. The van der Waals surface area contributed by atoms with Crippen molar-refractivity contribution in [3.05, 3.63) is 35.9 Å². The Bertz CT molecular complexity index is 394. The third-order valence-corrected chi connectivity index (χ3v) is 5.41. The molecule has 14 heavy (non-hydrogen) atoms. The van der Waals surface area contributed by atoms with Crippen molar-refractivity contribution >= 4 is 0 Å². The van der Waals surface area contributed by atoms with Gasteiger partial charge in [-0.3, -0.25) is 0 Å². The molecule has 0 spiro atoms. The molecule has 1 aromatic rings. The van der Waals surface area contributed by atoms with Crippen LogP contribution in [0.25, 0.3) is 0 Å². The van der Waals surface area contributed by atoms with Gasteiger partial charge in [0.15, 0.2) is 0 Å². The lowest BCUT2D eigenvalue weighted by molar-refractivity contribution is 0.0100. The lowest BCUT2D eigenvalue weighted by atomic mass is 9.88. The van der Waals surface area contributed by atoms with Gasteiger partial charge >= 0.3 is 0 Å². The quantitative estimate of drug-likeness (QED) is 0.703. The average molecular weight is 184 g/mol. The highest BCUT2D eigenvalue weighted by atomic mass is 16.3. The number of benzene rings is 1. The van der Waals surface area contributed by atoms with Crippen LogP contribution in [0.5, 0.6) is 0 Å². The van der Waals surface area contributed by atoms with Crippen LogP contribution in [0.2, 0.25) is 0 Å². The SMILES string of the molecule is OC1(c2ccccc2)C2C3C2C2C3C21. The Morgan fingerprint density at radius 1 is 0.857 bits per heavy atom. The number of rotatable bonds is 1. The van der Waals surface area contributed by atoms with Gasteiger partial charge in [-0.2, -0.15) is 0 Å². The van der Waals surface area contributed by atoms with Crippen molar-refractivity contribution in [1.29, 1.82) is 0 Å². The van der Waals surface area contributed by atoms with E-state index >= 15 is 0 Å². The van der Waals surface area contributed by atoms with Gasteiger partial charge in [0.05, 0.1) is 5.60 Å². The van der Waals surface area contributed by atoms with E-state index in [1.807, 2.05) is 6.07 Å². The Morgan fingerprint density at radius 2 is 1.36 bits per heavy atom. The summed E-state index contributed by atoms with van der Waals surface area (Å²) in [6, 6.07) is 10.3. The first kappa shape index (κ1) is 6.62. The minimum atomic E-state index is -0.411. The van der Waals surface area contributed by atoms with Gasteiger partial charge in [0.2, 0.25) is 0 Å². The fourth-order valence-electron chi connectivity index (χ4n) is 5.04. The summed E-state index contributed by atoms with van der Waals surface area (Å²) in [7, 11) is 0. The zero-order chi connectivity index (χ0) is 9.08. The smallest absolute Gasteiger partial charge is 0.0963 e. The van der Waals surface area contributed by atoms with Crippen molar-refractivity contribution in [2.45, 2.75) is 5.60 Å². The average Bonchev–Trinajstić information content (AvgIpc) is 2.96. The second-order valence-corrected chi connectivity index (χ2v) is 5.55. The van der Waals surface area contributed by atoms with Crippen LogP contribution in [0.15, 0.2) is 30.3 Å². The number of hydrogen-bond donors (Lipinski definition) is 1. The molecule has 5 saturated carbocycles. The van der Waals surface area contributed by atoms with E-state index in [2.05, 4.69) is 24.3 Å². The standard InChI is InChI=1S/C13H12O/c14-13(6-4-2-1-3-5-6)11-7-8(11)10-9(7)12(10)13/h1-5,7-12,14H. The lowest BCUT2D eigenvalue weighted by Crippen LogP contribution is -2.27. The molecule has 1 aromatic carbocycles. The van der Waals surface area contributed by atoms with Crippen molar-refractivity contribution in [2.24, 2.45) is 35.5 Å². The Hall–Kier alpha value is -0.820. The summed E-state index contributed by atoms with van der Waals surface area (Å²) in [6.07, 6.45) is 0. The van der Waals surface area contributed by atoms with Crippen LogP contribution in [0.4, 0.5) is 0 Å². The Morgan fingerprint density at radius 3 is 1.86 bits per heavy atom. The lowest BCUT2D eigenvalue weighted by Gasteiger charge is -2.25. The van der Waals surface area contributed by atoms with Gasteiger partial charge in [0, 0.05) is 0 Å². The summed E-state index contributed by atoms with van der Waals surface area (Å²) in [5.41, 5.74) is 0.774. The van der Waals surface area contributed by atoms with Gasteiger partial charge in [0.1, 0.15) is 0 Å². The molecule has 0 heterocycles. The van der Waals surface area contributed by atoms with E-state index < -0.39 is 5.60 Å². The summed E-state index contributed by atoms with van der Waals surface area (Å²) in [5, 5.41) is 10.8. The van der Waals surface area contributed by atoms with E-state index in [0.29, 0.717) is 11.8 Å². The second kappa shape index (κ2) is 1.57. The molecule has 5 aliphatic rings. The molecule has 1 heteroatoms. The fraction of sp³-hybridized carbons (Fsp3) is 0.538. The van der Waals surface area contributed by atoms with Crippen LogP contribution in [0.3, 0.4) is 0 Å². The van der Waals surface area contributed by atoms with Crippen LogP contribution in [0, 0.1) is 35.5 Å². The topological polar surface area (TPSA) is 20.2 Å². The number of aliphatic hydroxyl groups is 1. The zero-order valence-corrected chi connectivity index (χ0v) is 7.80. The molecule has 5 aliphatic carbocycles. The van der Waals surface area contributed by atoms with E-state index in [9.17, 15) is 5.11 Å². The second-order valence-electron chi connectivity index (χ2n) is 5.55. The van der Waals surface area contributed by atoms with E-state index in [-0.39, 0.29) is 0 Å². The maximum atomic E-state index is 10.8. The molecule has 0 amide bonds. The van der Waals surface area contributed by atoms with Crippen LogP contribution < -0.4 is 0 Å². The molecular formula is C13H12O. The van der Waals surface area contributed by atoms with Crippen molar-refractivity contribution in [2.75, 3.05) is 0 Å². The monoisotopic (exact) mass is 184 g/mol. The maximum Gasteiger partial charge on any atom is 0.0963 e. The molecule has 1 N–H and O–H groups in total. The van der Waals surface area contributed by atoms with E-state index in [0.717, 1.165) is 23.7 Å². The summed E-state index contributed by atoms with van der Waals surface area (Å²) >= 11 is 0. The molecule has 0 unspecified atom stereocenters. The molecular weight excluding hydrogens is 172 g/mol. The van der Waals surface area contributed by atoms with Crippen molar-refractivity contribution < 1.29 is 5.11 Å². The first-order valence-electron chi connectivity index (χ1n) is 5.63. The third-order valence-electron chi connectivity index (χ3n) is 5.41. The molecule has 0 aromatic heterocycles. The molecule has 1 nitrogen and oxygen atoms in total. The minimum absolute atomic E-state index is 0.411. The highest BCUT2D eigenvalue weighted by molar-refractivity contribution is 5.48. The Labute approximate surface area is 82.8 Å². The molecule has 5 fully saturated rings. The highest BCUT2D eigenvalue weighted by Crippen LogP contribution is 2.96. The van der Waals surface area contributed by atoms with Gasteiger partial charge < -0.3 is 5.11 Å². The first-order chi connectivity index (χ1) is 6.85. The molecule has 0 saturated heterocycles.